The van der Waals surface area contributed by atoms with Crippen molar-refractivity contribution in [3.05, 3.63) is 16.8 Å². The molecule has 2 aliphatic rings. The van der Waals surface area contributed by atoms with Gasteiger partial charge >= 0.3 is 0 Å². The molecular formula is C18H25N3S. The lowest BCUT2D eigenvalue weighted by atomic mass is 9.89. The molecule has 0 amide bonds. The van der Waals surface area contributed by atoms with Gasteiger partial charge in [0, 0.05) is 10.9 Å². The van der Waals surface area contributed by atoms with E-state index in [1.54, 1.807) is 11.2 Å². The van der Waals surface area contributed by atoms with Gasteiger partial charge in [0.25, 0.3) is 0 Å². The zero-order chi connectivity index (χ0) is 14.9. The number of hydrogen-bond acceptors (Lipinski definition) is 4. The molecular weight excluding hydrogens is 290 g/mol. The van der Waals surface area contributed by atoms with E-state index in [2.05, 4.69) is 22.2 Å². The van der Waals surface area contributed by atoms with Crippen molar-refractivity contribution in [2.24, 2.45) is 5.92 Å². The largest absolute Gasteiger partial charge is 0.367 e. The first-order valence-corrected chi connectivity index (χ1v) is 9.64. The first-order chi connectivity index (χ1) is 10.8. The third kappa shape index (κ3) is 2.73. The number of thiophene rings is 1. The smallest absolute Gasteiger partial charge is 0.138 e. The Morgan fingerprint density at radius 3 is 2.73 bits per heavy atom. The van der Waals surface area contributed by atoms with Crippen molar-refractivity contribution in [1.82, 2.24) is 9.97 Å². The fourth-order valence-electron chi connectivity index (χ4n) is 4.00. The number of aryl methyl sites for hydroxylation is 1. The molecule has 4 rings (SSSR count). The SMILES string of the molecule is C[C@@H]1CCc2c(sc3ncnc(NC4CCCCCC4)c23)C1. The molecule has 0 bridgehead atoms. The Morgan fingerprint density at radius 2 is 1.91 bits per heavy atom. The van der Waals surface area contributed by atoms with Crippen molar-refractivity contribution < 1.29 is 0 Å². The van der Waals surface area contributed by atoms with E-state index in [1.807, 2.05) is 11.3 Å². The van der Waals surface area contributed by atoms with Gasteiger partial charge in [0.05, 0.1) is 5.39 Å². The van der Waals surface area contributed by atoms with Crippen molar-refractivity contribution in [1.29, 1.82) is 0 Å². The Kier molecular flexibility index (Phi) is 4.03. The van der Waals surface area contributed by atoms with E-state index in [4.69, 9.17) is 0 Å². The summed E-state index contributed by atoms with van der Waals surface area (Å²) in [7, 11) is 0. The van der Waals surface area contributed by atoms with Gasteiger partial charge in [0.1, 0.15) is 17.0 Å². The molecule has 0 radical (unpaired) electrons. The number of aromatic nitrogens is 2. The van der Waals surface area contributed by atoms with Crippen LogP contribution < -0.4 is 5.32 Å². The molecule has 22 heavy (non-hydrogen) atoms. The summed E-state index contributed by atoms with van der Waals surface area (Å²) >= 11 is 1.89. The highest BCUT2D eigenvalue weighted by atomic mass is 32.1. The fourth-order valence-corrected chi connectivity index (χ4v) is 5.35. The van der Waals surface area contributed by atoms with Gasteiger partial charge in [0.2, 0.25) is 0 Å². The van der Waals surface area contributed by atoms with Crippen molar-refractivity contribution in [3.63, 3.8) is 0 Å². The minimum Gasteiger partial charge on any atom is -0.367 e. The molecule has 1 N–H and O–H groups in total. The van der Waals surface area contributed by atoms with Crippen LogP contribution in [0, 0.1) is 5.92 Å². The zero-order valence-electron chi connectivity index (χ0n) is 13.4. The van der Waals surface area contributed by atoms with E-state index >= 15 is 0 Å². The molecule has 1 atom stereocenters. The summed E-state index contributed by atoms with van der Waals surface area (Å²) in [5, 5.41) is 5.10. The Bertz CT molecular complexity index is 656. The maximum Gasteiger partial charge on any atom is 0.138 e. The lowest BCUT2D eigenvalue weighted by Crippen LogP contribution is -2.19. The average molecular weight is 315 g/mol. The van der Waals surface area contributed by atoms with Crippen molar-refractivity contribution in [2.75, 3.05) is 5.32 Å². The molecule has 2 aliphatic carbocycles. The van der Waals surface area contributed by atoms with E-state index in [0.29, 0.717) is 6.04 Å². The monoisotopic (exact) mass is 315 g/mol. The zero-order valence-corrected chi connectivity index (χ0v) is 14.2. The van der Waals surface area contributed by atoms with Gasteiger partial charge in [-0.05, 0) is 43.6 Å². The second-order valence-electron chi connectivity index (χ2n) is 7.09. The van der Waals surface area contributed by atoms with Gasteiger partial charge in [-0.1, -0.05) is 32.6 Å². The van der Waals surface area contributed by atoms with Gasteiger partial charge in [-0.3, -0.25) is 0 Å². The summed E-state index contributed by atoms with van der Waals surface area (Å²) in [4.78, 5) is 11.9. The molecule has 0 aromatic carbocycles. The minimum atomic E-state index is 0.596. The van der Waals surface area contributed by atoms with E-state index in [-0.39, 0.29) is 0 Å². The van der Waals surface area contributed by atoms with E-state index < -0.39 is 0 Å². The standard InChI is InChI=1S/C18H25N3S/c1-12-8-9-14-15(10-12)22-18-16(14)17(19-11-20-18)21-13-6-4-2-3-5-7-13/h11-13H,2-10H2,1H3,(H,19,20,21)/t12-/m1/s1. The van der Waals surface area contributed by atoms with Crippen LogP contribution in [0.5, 0.6) is 0 Å². The maximum absolute atomic E-state index is 4.62. The Morgan fingerprint density at radius 1 is 1.09 bits per heavy atom. The van der Waals surface area contributed by atoms with Crippen LogP contribution in [0.3, 0.4) is 0 Å². The van der Waals surface area contributed by atoms with Crippen LogP contribution in [0.15, 0.2) is 6.33 Å². The summed E-state index contributed by atoms with van der Waals surface area (Å²) in [6, 6.07) is 0.596. The van der Waals surface area contributed by atoms with Crippen LogP contribution in [-0.4, -0.2) is 16.0 Å². The highest BCUT2D eigenvalue weighted by Gasteiger charge is 2.24. The quantitative estimate of drug-likeness (QED) is 0.797. The fraction of sp³-hybridized carbons (Fsp3) is 0.667. The number of nitrogens with one attached hydrogen (secondary N) is 1. The van der Waals surface area contributed by atoms with Crippen LogP contribution in [-0.2, 0) is 12.8 Å². The van der Waals surface area contributed by atoms with E-state index in [1.165, 1.54) is 73.6 Å². The first-order valence-electron chi connectivity index (χ1n) is 8.83. The molecule has 1 fully saturated rings. The first kappa shape index (κ1) is 14.4. The molecule has 0 saturated heterocycles. The summed E-state index contributed by atoms with van der Waals surface area (Å²) in [6.07, 6.45) is 13.5. The summed E-state index contributed by atoms with van der Waals surface area (Å²) in [5.41, 5.74) is 1.54. The second-order valence-corrected chi connectivity index (χ2v) is 8.17. The van der Waals surface area contributed by atoms with Crippen LogP contribution in [0.2, 0.25) is 0 Å². The topological polar surface area (TPSA) is 37.8 Å². The summed E-state index contributed by atoms with van der Waals surface area (Å²) in [5.74, 6) is 1.91. The Labute approximate surface area is 136 Å². The molecule has 2 heterocycles. The molecule has 2 aromatic heterocycles. The van der Waals surface area contributed by atoms with Gasteiger partial charge in [-0.2, -0.15) is 0 Å². The highest BCUT2D eigenvalue weighted by Crippen LogP contribution is 2.40. The van der Waals surface area contributed by atoms with Crippen LogP contribution >= 0.6 is 11.3 Å². The predicted octanol–water partition coefficient (Wildman–Crippen LogP) is 4.95. The van der Waals surface area contributed by atoms with Crippen molar-refractivity contribution in [2.45, 2.75) is 70.8 Å². The molecule has 0 unspecified atom stereocenters. The molecule has 2 aromatic rings. The second kappa shape index (κ2) is 6.15. The number of rotatable bonds is 2. The Balaban J connectivity index is 1.68. The highest BCUT2D eigenvalue weighted by molar-refractivity contribution is 7.19. The number of hydrogen-bond donors (Lipinski definition) is 1. The molecule has 4 heteroatoms. The van der Waals surface area contributed by atoms with Crippen LogP contribution in [0.25, 0.3) is 10.2 Å². The third-order valence-electron chi connectivity index (χ3n) is 5.29. The average Bonchev–Trinajstić information content (AvgIpc) is 2.69. The minimum absolute atomic E-state index is 0.596. The van der Waals surface area contributed by atoms with Crippen LogP contribution in [0.1, 0.15) is 62.3 Å². The maximum atomic E-state index is 4.62. The van der Waals surface area contributed by atoms with Gasteiger partial charge in [-0.25, -0.2) is 9.97 Å². The summed E-state index contributed by atoms with van der Waals surface area (Å²) in [6.45, 7) is 2.36. The van der Waals surface area contributed by atoms with Crippen molar-refractivity contribution >= 4 is 27.4 Å². The molecule has 3 nitrogen and oxygen atoms in total. The molecule has 0 aliphatic heterocycles. The summed E-state index contributed by atoms with van der Waals surface area (Å²) < 4.78 is 0. The van der Waals surface area contributed by atoms with Crippen molar-refractivity contribution in [3.8, 4) is 0 Å². The van der Waals surface area contributed by atoms with Gasteiger partial charge in [-0.15, -0.1) is 11.3 Å². The third-order valence-corrected chi connectivity index (χ3v) is 6.45. The number of fused-ring (bicyclic) bond motifs is 3. The normalized spacial score (nSPS) is 23.2. The van der Waals surface area contributed by atoms with Gasteiger partial charge in [0.15, 0.2) is 0 Å². The van der Waals surface area contributed by atoms with Crippen LogP contribution in [0.4, 0.5) is 5.82 Å². The number of nitrogens with zero attached hydrogens (tertiary/aromatic N) is 2. The lowest BCUT2D eigenvalue weighted by molar-refractivity contribution is 0.509. The van der Waals surface area contributed by atoms with Gasteiger partial charge < -0.3 is 5.32 Å². The predicted molar refractivity (Wildman–Crippen MR) is 93.7 cm³/mol. The molecule has 1 saturated carbocycles. The van der Waals surface area contributed by atoms with E-state index in [9.17, 15) is 0 Å². The lowest BCUT2D eigenvalue weighted by Gasteiger charge is -2.20. The Hall–Kier alpha value is -1.16. The number of anilines is 1. The molecule has 0 spiro atoms. The van der Waals surface area contributed by atoms with E-state index in [0.717, 1.165) is 11.7 Å². The molecule has 118 valence electrons.